The second-order valence-electron chi connectivity index (χ2n) is 7.20. The molecule has 0 bridgehead atoms. The van der Waals surface area contributed by atoms with Gasteiger partial charge in [-0.3, -0.25) is 4.79 Å². The Hall–Kier alpha value is -2.99. The van der Waals surface area contributed by atoms with E-state index in [1.165, 1.54) is 0 Å². The molecule has 0 radical (unpaired) electrons. The molecule has 148 valence electrons. The average molecular weight is 410 g/mol. The van der Waals surface area contributed by atoms with Crippen molar-refractivity contribution in [1.29, 1.82) is 0 Å². The summed E-state index contributed by atoms with van der Waals surface area (Å²) in [5, 5.41) is 8.28. The van der Waals surface area contributed by atoms with Crippen LogP contribution in [0.4, 0.5) is 5.82 Å². The van der Waals surface area contributed by atoms with Gasteiger partial charge in [0, 0.05) is 5.56 Å². The quantitative estimate of drug-likeness (QED) is 0.708. The van der Waals surface area contributed by atoms with E-state index in [0.29, 0.717) is 29.7 Å². The van der Waals surface area contributed by atoms with Gasteiger partial charge in [-0.25, -0.2) is 4.68 Å². The Morgan fingerprint density at radius 1 is 1.14 bits per heavy atom. The zero-order valence-electron chi connectivity index (χ0n) is 15.8. The Kier molecular flexibility index (Phi) is 4.64. The molecular weight excluding hydrogens is 390 g/mol. The summed E-state index contributed by atoms with van der Waals surface area (Å²) in [5.41, 5.74) is 3.90. The Balaban J connectivity index is 1.41. The highest BCUT2D eigenvalue weighted by atomic mass is 35.5. The largest absolute Gasteiger partial charge is 0.486 e. The summed E-state index contributed by atoms with van der Waals surface area (Å²) in [6.07, 6.45) is 3.11. The number of rotatable bonds is 4. The SMILES string of the molecule is O=C(Cc1cc(Cl)c2c(c1)OCCO2)Nc1c2c(nn1-c1ccccc1)CCC2. The molecule has 2 aliphatic rings. The van der Waals surface area contributed by atoms with Crippen molar-refractivity contribution in [3.8, 4) is 17.2 Å². The number of benzene rings is 2. The molecule has 1 amide bonds. The Labute approximate surface area is 173 Å². The van der Waals surface area contributed by atoms with E-state index in [1.54, 1.807) is 6.07 Å². The number of aryl methyl sites for hydroxylation is 1. The number of anilines is 1. The molecule has 2 heterocycles. The van der Waals surface area contributed by atoms with Crippen molar-refractivity contribution in [3.63, 3.8) is 0 Å². The van der Waals surface area contributed by atoms with Gasteiger partial charge in [0.25, 0.3) is 0 Å². The number of aromatic nitrogens is 2. The third-order valence-corrected chi connectivity index (χ3v) is 5.47. The number of hydrogen-bond acceptors (Lipinski definition) is 4. The van der Waals surface area contributed by atoms with Gasteiger partial charge in [-0.1, -0.05) is 29.8 Å². The molecule has 5 rings (SSSR count). The standard InChI is InChI=1S/C22H20ClN3O3/c23-17-11-14(12-19-21(17)29-10-9-28-19)13-20(27)24-22-16-7-4-8-18(16)25-26(22)15-5-2-1-3-6-15/h1-3,5-6,11-12H,4,7-10,13H2,(H,24,27). The highest BCUT2D eigenvalue weighted by Gasteiger charge is 2.25. The zero-order valence-corrected chi connectivity index (χ0v) is 16.5. The van der Waals surface area contributed by atoms with E-state index in [1.807, 2.05) is 41.1 Å². The third kappa shape index (κ3) is 3.44. The second-order valence-corrected chi connectivity index (χ2v) is 7.61. The number of fused-ring (bicyclic) bond motifs is 2. The van der Waals surface area contributed by atoms with Crippen molar-refractivity contribution in [2.75, 3.05) is 18.5 Å². The molecule has 1 aliphatic heterocycles. The number of amides is 1. The van der Waals surface area contributed by atoms with Gasteiger partial charge in [0.05, 0.1) is 22.8 Å². The minimum atomic E-state index is -0.121. The monoisotopic (exact) mass is 409 g/mol. The second kappa shape index (κ2) is 7.44. The van der Waals surface area contributed by atoms with E-state index in [-0.39, 0.29) is 12.3 Å². The molecule has 29 heavy (non-hydrogen) atoms. The van der Waals surface area contributed by atoms with Crippen LogP contribution in [0.1, 0.15) is 23.2 Å². The van der Waals surface area contributed by atoms with Crippen molar-refractivity contribution in [2.24, 2.45) is 0 Å². The van der Waals surface area contributed by atoms with E-state index in [2.05, 4.69) is 5.32 Å². The van der Waals surface area contributed by atoms with Crippen molar-refractivity contribution in [3.05, 3.63) is 64.3 Å². The van der Waals surface area contributed by atoms with Crippen LogP contribution in [0.2, 0.25) is 5.02 Å². The van der Waals surface area contributed by atoms with Crippen molar-refractivity contribution in [1.82, 2.24) is 9.78 Å². The molecule has 3 aromatic rings. The van der Waals surface area contributed by atoms with E-state index < -0.39 is 0 Å². The van der Waals surface area contributed by atoms with Gasteiger partial charge in [0.2, 0.25) is 5.91 Å². The van der Waals surface area contributed by atoms with Gasteiger partial charge < -0.3 is 14.8 Å². The summed E-state index contributed by atoms with van der Waals surface area (Å²) in [6, 6.07) is 13.4. The van der Waals surface area contributed by atoms with Gasteiger partial charge in [0.15, 0.2) is 11.5 Å². The number of para-hydroxylation sites is 1. The molecule has 0 unspecified atom stereocenters. The number of carbonyl (C=O) groups excluding carboxylic acids is 1. The van der Waals surface area contributed by atoms with Crippen LogP contribution in [0, 0.1) is 0 Å². The summed E-state index contributed by atoms with van der Waals surface area (Å²) in [7, 11) is 0. The number of hydrogen-bond donors (Lipinski definition) is 1. The van der Waals surface area contributed by atoms with E-state index in [9.17, 15) is 4.79 Å². The molecule has 1 N–H and O–H groups in total. The molecule has 0 atom stereocenters. The maximum absolute atomic E-state index is 12.9. The van der Waals surface area contributed by atoms with Crippen LogP contribution in [0.25, 0.3) is 5.69 Å². The highest BCUT2D eigenvalue weighted by molar-refractivity contribution is 6.32. The Morgan fingerprint density at radius 2 is 1.97 bits per heavy atom. The fourth-order valence-corrected chi connectivity index (χ4v) is 4.19. The Bertz CT molecular complexity index is 1080. The molecule has 6 nitrogen and oxygen atoms in total. The predicted octanol–water partition coefficient (Wildman–Crippen LogP) is 3.97. The minimum absolute atomic E-state index is 0.121. The van der Waals surface area contributed by atoms with Gasteiger partial charge in [-0.2, -0.15) is 5.10 Å². The van der Waals surface area contributed by atoms with Crippen LogP contribution in [0.15, 0.2) is 42.5 Å². The van der Waals surface area contributed by atoms with E-state index >= 15 is 0 Å². The fraction of sp³-hybridized carbons (Fsp3) is 0.273. The first-order valence-corrected chi connectivity index (χ1v) is 10.1. The van der Waals surface area contributed by atoms with Crippen LogP contribution in [0.5, 0.6) is 11.5 Å². The topological polar surface area (TPSA) is 65.4 Å². The molecule has 0 spiro atoms. The van der Waals surface area contributed by atoms with E-state index in [4.69, 9.17) is 26.2 Å². The molecular formula is C22H20ClN3O3. The number of nitrogens with one attached hydrogen (secondary N) is 1. The summed E-state index contributed by atoms with van der Waals surface area (Å²) >= 11 is 6.30. The van der Waals surface area contributed by atoms with Crippen LogP contribution < -0.4 is 14.8 Å². The molecule has 7 heteroatoms. The van der Waals surface area contributed by atoms with Crippen LogP contribution >= 0.6 is 11.6 Å². The van der Waals surface area contributed by atoms with Crippen molar-refractivity contribution in [2.45, 2.75) is 25.7 Å². The minimum Gasteiger partial charge on any atom is -0.486 e. The first kappa shape index (κ1) is 18.1. The maximum atomic E-state index is 12.9. The van der Waals surface area contributed by atoms with Gasteiger partial charge in [-0.15, -0.1) is 0 Å². The maximum Gasteiger partial charge on any atom is 0.229 e. The first-order chi connectivity index (χ1) is 14.2. The number of nitrogens with zero attached hydrogens (tertiary/aromatic N) is 2. The zero-order chi connectivity index (χ0) is 19.8. The first-order valence-electron chi connectivity index (χ1n) is 9.73. The van der Waals surface area contributed by atoms with E-state index in [0.717, 1.165) is 47.6 Å². The lowest BCUT2D eigenvalue weighted by Gasteiger charge is -2.20. The lowest BCUT2D eigenvalue weighted by Crippen LogP contribution is -2.19. The third-order valence-electron chi connectivity index (χ3n) is 5.19. The predicted molar refractivity (Wildman–Crippen MR) is 110 cm³/mol. The van der Waals surface area contributed by atoms with Crippen LogP contribution in [0.3, 0.4) is 0 Å². The number of halogens is 1. The lowest BCUT2D eigenvalue weighted by molar-refractivity contribution is -0.115. The summed E-state index contributed by atoms with van der Waals surface area (Å²) < 4.78 is 13.0. The molecule has 0 fully saturated rings. The smallest absolute Gasteiger partial charge is 0.229 e. The molecule has 1 aromatic heterocycles. The van der Waals surface area contributed by atoms with Crippen molar-refractivity contribution >= 4 is 23.3 Å². The lowest BCUT2D eigenvalue weighted by atomic mass is 10.1. The molecule has 1 aliphatic carbocycles. The number of ether oxygens (including phenoxy) is 2. The highest BCUT2D eigenvalue weighted by Crippen LogP contribution is 2.38. The number of carbonyl (C=O) groups is 1. The van der Waals surface area contributed by atoms with Gasteiger partial charge in [0.1, 0.15) is 19.0 Å². The Morgan fingerprint density at radius 3 is 2.83 bits per heavy atom. The fourth-order valence-electron chi connectivity index (χ4n) is 3.90. The van der Waals surface area contributed by atoms with Gasteiger partial charge in [-0.05, 0) is 49.1 Å². The summed E-state index contributed by atoms with van der Waals surface area (Å²) in [6.45, 7) is 0.947. The van der Waals surface area contributed by atoms with Crippen LogP contribution in [-0.2, 0) is 24.1 Å². The molecule has 0 saturated carbocycles. The van der Waals surface area contributed by atoms with Crippen molar-refractivity contribution < 1.29 is 14.3 Å². The molecule has 2 aromatic carbocycles. The van der Waals surface area contributed by atoms with Gasteiger partial charge >= 0.3 is 0 Å². The normalized spacial score (nSPS) is 14.5. The van der Waals surface area contributed by atoms with Crippen LogP contribution in [-0.4, -0.2) is 28.9 Å². The summed E-state index contributed by atoms with van der Waals surface area (Å²) in [4.78, 5) is 12.9. The summed E-state index contributed by atoms with van der Waals surface area (Å²) in [5.74, 6) is 1.77. The molecule has 0 saturated heterocycles. The average Bonchev–Trinajstić information content (AvgIpc) is 3.31.